The lowest BCUT2D eigenvalue weighted by Gasteiger charge is -2.04. The molecule has 0 fully saturated rings. The zero-order chi connectivity index (χ0) is 22.1. The second-order valence-electron chi connectivity index (χ2n) is 6.13. The number of esters is 1. The minimum Gasteiger partial charge on any atom is -0.490 e. The first-order valence-electron chi connectivity index (χ1n) is 9.13. The maximum absolute atomic E-state index is 12.7. The summed E-state index contributed by atoms with van der Waals surface area (Å²) in [4.78, 5) is 25.6. The predicted molar refractivity (Wildman–Crippen MR) is 114 cm³/mol. The first-order valence-corrected chi connectivity index (χ1v) is 9.95. The molecule has 0 unspecified atom stereocenters. The Morgan fingerprint density at radius 2 is 2.07 bits per heavy atom. The summed E-state index contributed by atoms with van der Waals surface area (Å²) in [7, 11) is 0. The molecule has 6 nitrogen and oxygen atoms in total. The van der Waals surface area contributed by atoms with Crippen LogP contribution in [0.4, 0.5) is 0 Å². The highest BCUT2D eigenvalue weighted by Crippen LogP contribution is 2.29. The number of thiophene rings is 1. The first kappa shape index (κ1) is 22.6. The Morgan fingerprint density at radius 3 is 2.70 bits per heavy atom. The number of benzene rings is 1. The Kier molecular flexibility index (Phi) is 8.10. The third-order valence-electron chi connectivity index (χ3n) is 4.07. The fourth-order valence-corrected chi connectivity index (χ4v) is 3.82. The lowest BCUT2D eigenvalue weighted by atomic mass is 10.0. The molecule has 0 aliphatic carbocycles. The van der Waals surface area contributed by atoms with E-state index in [4.69, 9.17) is 9.47 Å². The molecule has 0 bridgehead atoms. The van der Waals surface area contributed by atoms with E-state index in [0.29, 0.717) is 33.2 Å². The molecule has 0 amide bonds. The van der Waals surface area contributed by atoms with E-state index in [0.717, 1.165) is 11.3 Å². The van der Waals surface area contributed by atoms with Crippen LogP contribution in [0.2, 0.25) is 0 Å². The van der Waals surface area contributed by atoms with Gasteiger partial charge in [-0.2, -0.15) is 10.5 Å². The number of hydrogen-bond acceptors (Lipinski definition) is 7. The molecule has 0 saturated carbocycles. The van der Waals surface area contributed by atoms with E-state index in [-0.39, 0.29) is 24.2 Å². The van der Waals surface area contributed by atoms with Crippen molar-refractivity contribution < 1.29 is 19.1 Å². The SMILES string of the molecule is C=CCOc1cccc(/C=C(\C#N)C(=O)Cc2sc(C(=O)OCC)c(C)c2C#N)c1. The lowest BCUT2D eigenvalue weighted by molar-refractivity contribution is -0.114. The maximum Gasteiger partial charge on any atom is 0.348 e. The molecule has 0 atom stereocenters. The van der Waals surface area contributed by atoms with Crippen molar-refractivity contribution >= 4 is 29.2 Å². The van der Waals surface area contributed by atoms with Gasteiger partial charge in [0, 0.05) is 11.3 Å². The van der Waals surface area contributed by atoms with Gasteiger partial charge in [0.15, 0.2) is 5.78 Å². The highest BCUT2D eigenvalue weighted by Gasteiger charge is 2.23. The minimum absolute atomic E-state index is 0.0523. The van der Waals surface area contributed by atoms with Crippen LogP contribution in [-0.2, 0) is 16.0 Å². The van der Waals surface area contributed by atoms with E-state index < -0.39 is 11.8 Å². The first-order chi connectivity index (χ1) is 14.4. The van der Waals surface area contributed by atoms with Gasteiger partial charge in [-0.25, -0.2) is 4.79 Å². The number of nitriles is 2. The molecule has 1 aromatic carbocycles. The smallest absolute Gasteiger partial charge is 0.348 e. The van der Waals surface area contributed by atoms with Crippen molar-refractivity contribution in [2.75, 3.05) is 13.2 Å². The molecule has 2 rings (SSSR count). The summed E-state index contributed by atoms with van der Waals surface area (Å²) in [6.45, 7) is 7.48. The third-order valence-corrected chi connectivity index (χ3v) is 5.34. The quantitative estimate of drug-likeness (QED) is 0.258. The van der Waals surface area contributed by atoms with E-state index in [1.807, 2.05) is 12.1 Å². The van der Waals surface area contributed by atoms with E-state index in [1.54, 1.807) is 44.2 Å². The largest absolute Gasteiger partial charge is 0.490 e. The monoisotopic (exact) mass is 420 g/mol. The minimum atomic E-state index is -0.525. The van der Waals surface area contributed by atoms with E-state index >= 15 is 0 Å². The van der Waals surface area contributed by atoms with Gasteiger partial charge in [0.25, 0.3) is 0 Å². The van der Waals surface area contributed by atoms with E-state index in [2.05, 4.69) is 6.58 Å². The van der Waals surface area contributed by atoms with Crippen LogP contribution in [0, 0.1) is 29.6 Å². The normalized spacial score (nSPS) is 10.6. The fourth-order valence-electron chi connectivity index (χ4n) is 2.67. The van der Waals surface area contributed by atoms with Gasteiger partial charge in [0.2, 0.25) is 0 Å². The van der Waals surface area contributed by atoms with E-state index in [9.17, 15) is 20.1 Å². The van der Waals surface area contributed by atoms with Crippen molar-refractivity contribution in [1.29, 1.82) is 10.5 Å². The average Bonchev–Trinajstić information content (AvgIpc) is 3.05. The number of hydrogen-bond donors (Lipinski definition) is 0. The molecule has 0 N–H and O–H groups in total. The maximum atomic E-state index is 12.7. The van der Waals surface area contributed by atoms with Gasteiger partial charge in [-0.3, -0.25) is 4.79 Å². The summed E-state index contributed by atoms with van der Waals surface area (Å²) >= 11 is 1.05. The number of ketones is 1. The highest BCUT2D eigenvalue weighted by molar-refractivity contribution is 7.14. The molecule has 1 heterocycles. The van der Waals surface area contributed by atoms with Gasteiger partial charge >= 0.3 is 5.97 Å². The van der Waals surface area contributed by atoms with Crippen LogP contribution in [0.5, 0.6) is 5.75 Å². The van der Waals surface area contributed by atoms with Gasteiger partial charge in [-0.05, 0) is 43.2 Å². The van der Waals surface area contributed by atoms with Crippen LogP contribution in [-0.4, -0.2) is 25.0 Å². The van der Waals surface area contributed by atoms with Crippen LogP contribution < -0.4 is 4.74 Å². The van der Waals surface area contributed by atoms with Gasteiger partial charge in [0.05, 0.1) is 17.7 Å². The van der Waals surface area contributed by atoms with Crippen molar-refractivity contribution in [2.45, 2.75) is 20.3 Å². The molecule has 0 radical (unpaired) electrons. The van der Waals surface area contributed by atoms with Crippen molar-refractivity contribution in [1.82, 2.24) is 0 Å². The summed E-state index contributed by atoms with van der Waals surface area (Å²) < 4.78 is 10.5. The number of carbonyl (C=O) groups excluding carboxylic acids is 2. The standard InChI is InChI=1S/C23H20N2O4S/c1-4-9-29-18-8-6-7-16(11-18)10-17(13-24)20(26)12-21-19(14-25)15(3)22(30-21)23(27)28-5-2/h4,6-8,10-11H,1,5,9,12H2,2-3H3/b17-10+. The topological polar surface area (TPSA) is 100 Å². The highest BCUT2D eigenvalue weighted by atomic mass is 32.1. The molecular formula is C23H20N2O4S. The zero-order valence-electron chi connectivity index (χ0n) is 16.7. The Balaban J connectivity index is 2.30. The number of rotatable bonds is 9. The Hall–Kier alpha value is -3.68. The second kappa shape index (κ2) is 10.8. The molecule has 152 valence electrons. The zero-order valence-corrected chi connectivity index (χ0v) is 17.5. The van der Waals surface area contributed by atoms with Crippen molar-refractivity contribution in [3.05, 3.63) is 68.9 Å². The molecule has 0 aliphatic heterocycles. The predicted octanol–water partition coefficient (Wildman–Crippen LogP) is 4.39. The van der Waals surface area contributed by atoms with Crippen LogP contribution in [0.3, 0.4) is 0 Å². The van der Waals surface area contributed by atoms with Crippen LogP contribution >= 0.6 is 11.3 Å². The lowest BCUT2D eigenvalue weighted by Crippen LogP contribution is -2.05. The van der Waals surface area contributed by atoms with Gasteiger partial charge in [-0.15, -0.1) is 11.3 Å². The number of ether oxygens (including phenoxy) is 2. The summed E-state index contributed by atoms with van der Waals surface area (Å²) in [6.07, 6.45) is 2.94. The Morgan fingerprint density at radius 1 is 1.30 bits per heavy atom. The molecule has 7 heteroatoms. The number of Topliss-reactive ketones (excluding diaryl/α,β-unsaturated/α-hetero) is 1. The number of carbonyl (C=O) groups is 2. The Labute approximate surface area is 179 Å². The average molecular weight is 420 g/mol. The summed E-state index contributed by atoms with van der Waals surface area (Å²) in [5.41, 5.74) is 1.34. The Bertz CT molecular complexity index is 1080. The number of nitrogens with zero attached hydrogens (tertiary/aromatic N) is 2. The second-order valence-corrected chi connectivity index (χ2v) is 7.23. The summed E-state index contributed by atoms with van der Waals surface area (Å²) in [5, 5.41) is 18.9. The molecular weight excluding hydrogens is 400 g/mol. The molecule has 1 aromatic heterocycles. The van der Waals surface area contributed by atoms with Gasteiger partial charge in [0.1, 0.15) is 29.4 Å². The van der Waals surface area contributed by atoms with Crippen LogP contribution in [0.15, 0.2) is 42.5 Å². The van der Waals surface area contributed by atoms with Gasteiger partial charge < -0.3 is 9.47 Å². The van der Waals surface area contributed by atoms with Crippen molar-refractivity contribution in [2.24, 2.45) is 0 Å². The molecule has 0 aliphatic rings. The summed E-state index contributed by atoms with van der Waals surface area (Å²) in [6, 6.07) is 10.9. The molecule has 30 heavy (non-hydrogen) atoms. The van der Waals surface area contributed by atoms with Crippen molar-refractivity contribution in [3.8, 4) is 17.9 Å². The summed E-state index contributed by atoms with van der Waals surface area (Å²) in [5.74, 6) is -0.376. The third kappa shape index (κ3) is 5.44. The van der Waals surface area contributed by atoms with Gasteiger partial charge in [-0.1, -0.05) is 24.8 Å². The molecule has 0 saturated heterocycles. The van der Waals surface area contributed by atoms with Crippen molar-refractivity contribution in [3.63, 3.8) is 0 Å². The number of allylic oxidation sites excluding steroid dienone is 1. The molecule has 2 aromatic rings. The molecule has 0 spiro atoms. The van der Waals surface area contributed by atoms with Crippen LogP contribution in [0.1, 0.15) is 38.2 Å². The van der Waals surface area contributed by atoms with E-state index in [1.165, 1.54) is 6.08 Å². The van der Waals surface area contributed by atoms with Crippen LogP contribution in [0.25, 0.3) is 6.08 Å². The fraction of sp³-hybridized carbons (Fsp3) is 0.217.